The average Bonchev–Trinajstić information content (AvgIpc) is 3.01. The van der Waals surface area contributed by atoms with Gasteiger partial charge in [0.1, 0.15) is 5.56 Å². The minimum absolute atomic E-state index is 0.0491. The lowest BCUT2D eigenvalue weighted by Crippen LogP contribution is -2.42. The molecule has 2 heterocycles. The molecule has 202 valence electrons. The molecule has 0 atom stereocenters. The van der Waals surface area contributed by atoms with E-state index in [1.807, 2.05) is 0 Å². The molecule has 4 rings (SSSR count). The first-order chi connectivity index (χ1) is 17.7. The number of esters is 1. The second-order valence-corrected chi connectivity index (χ2v) is 10.5. The van der Waals surface area contributed by atoms with E-state index < -0.39 is 51.3 Å². The van der Waals surface area contributed by atoms with E-state index in [2.05, 4.69) is 0 Å². The molecule has 2 aromatic carbocycles. The maximum absolute atomic E-state index is 13.5. The zero-order chi connectivity index (χ0) is 28.2. The van der Waals surface area contributed by atoms with Crippen LogP contribution in [0.4, 0.5) is 24.5 Å². The van der Waals surface area contributed by atoms with Crippen molar-refractivity contribution in [2.24, 2.45) is 0 Å². The average molecular weight is 553 g/mol. The maximum atomic E-state index is 13.5. The summed E-state index contributed by atoms with van der Waals surface area (Å²) in [4.78, 5) is 39.3. The number of anilines is 2. The van der Waals surface area contributed by atoms with Crippen LogP contribution in [0.3, 0.4) is 0 Å². The van der Waals surface area contributed by atoms with E-state index in [4.69, 9.17) is 4.74 Å². The predicted molar refractivity (Wildman–Crippen MR) is 133 cm³/mol. The van der Waals surface area contributed by atoms with Crippen LogP contribution < -0.4 is 19.9 Å². The Morgan fingerprint density at radius 3 is 2.32 bits per heavy atom. The largest absolute Gasteiger partial charge is 0.462 e. The highest BCUT2D eigenvalue weighted by Crippen LogP contribution is 2.39. The number of aromatic nitrogens is 2. The number of nitrogens with zero attached hydrogens (tertiary/aromatic N) is 4. The van der Waals surface area contributed by atoms with Gasteiger partial charge in [0.05, 0.1) is 35.8 Å². The summed E-state index contributed by atoms with van der Waals surface area (Å²) in [6.07, 6.45) is -3.67. The topological polar surface area (TPSA) is 111 Å². The van der Waals surface area contributed by atoms with Gasteiger partial charge < -0.3 is 4.74 Å². The van der Waals surface area contributed by atoms with Crippen molar-refractivity contribution in [3.8, 4) is 5.69 Å². The molecular weight excluding hydrogens is 529 g/mol. The molecule has 10 nitrogen and oxygen atoms in total. The van der Waals surface area contributed by atoms with Gasteiger partial charge in [-0.1, -0.05) is 12.1 Å². The van der Waals surface area contributed by atoms with E-state index in [0.717, 1.165) is 31.5 Å². The molecule has 1 aliphatic rings. The number of carbonyl (C=O) groups is 1. The lowest BCUT2D eigenvalue weighted by Gasteiger charge is -2.17. The molecule has 0 spiro atoms. The van der Waals surface area contributed by atoms with Crippen LogP contribution in [-0.2, 0) is 27.7 Å². The second kappa shape index (κ2) is 9.35. The lowest BCUT2D eigenvalue weighted by molar-refractivity contribution is -0.138. The molecule has 1 aromatic heterocycles. The van der Waals surface area contributed by atoms with Gasteiger partial charge in [-0.2, -0.15) is 21.6 Å². The van der Waals surface area contributed by atoms with Crippen molar-refractivity contribution in [2.45, 2.75) is 26.6 Å². The Labute approximate surface area is 215 Å². The molecule has 38 heavy (non-hydrogen) atoms. The van der Waals surface area contributed by atoms with Crippen molar-refractivity contribution < 1.29 is 31.1 Å². The Kier molecular flexibility index (Phi) is 6.64. The number of alkyl halides is 3. The van der Waals surface area contributed by atoms with Crippen molar-refractivity contribution in [1.82, 2.24) is 9.13 Å². The van der Waals surface area contributed by atoms with Gasteiger partial charge in [-0.15, -0.1) is 0 Å². The SMILES string of the molecule is CCOC(=O)c1cn(-c2ccc3c(c2)N(C)S(=O)(=O)N3C)c(=O)n(Cc2cccc(C(F)(F)F)c2C)c1=O. The van der Waals surface area contributed by atoms with Crippen molar-refractivity contribution in [1.29, 1.82) is 0 Å². The van der Waals surface area contributed by atoms with Gasteiger partial charge >= 0.3 is 28.0 Å². The third-order valence-corrected chi connectivity index (χ3v) is 8.13. The Bertz CT molecular complexity index is 1680. The highest BCUT2D eigenvalue weighted by Gasteiger charge is 2.36. The Morgan fingerprint density at radius 2 is 1.68 bits per heavy atom. The van der Waals surface area contributed by atoms with Crippen LogP contribution in [-0.4, -0.2) is 44.2 Å². The monoisotopic (exact) mass is 552 g/mol. The Balaban J connectivity index is 1.94. The highest BCUT2D eigenvalue weighted by atomic mass is 32.2. The summed E-state index contributed by atoms with van der Waals surface area (Å²) in [5, 5.41) is 0. The van der Waals surface area contributed by atoms with E-state index in [-0.39, 0.29) is 29.1 Å². The predicted octanol–water partition coefficient (Wildman–Crippen LogP) is 2.68. The van der Waals surface area contributed by atoms with Crippen LogP contribution in [0, 0.1) is 6.92 Å². The molecule has 0 radical (unpaired) electrons. The van der Waals surface area contributed by atoms with Gasteiger partial charge in [0.25, 0.3) is 5.56 Å². The van der Waals surface area contributed by atoms with Crippen LogP contribution >= 0.6 is 0 Å². The van der Waals surface area contributed by atoms with E-state index in [1.165, 1.54) is 52.2 Å². The van der Waals surface area contributed by atoms with Gasteiger partial charge in [-0.25, -0.2) is 9.59 Å². The zero-order valence-corrected chi connectivity index (χ0v) is 21.6. The molecule has 0 bridgehead atoms. The first kappa shape index (κ1) is 27.0. The van der Waals surface area contributed by atoms with Crippen molar-refractivity contribution in [3.63, 3.8) is 0 Å². The number of carbonyl (C=O) groups excluding carboxylic acids is 1. The van der Waals surface area contributed by atoms with Crippen LogP contribution in [0.5, 0.6) is 0 Å². The summed E-state index contributed by atoms with van der Waals surface area (Å²) in [5.41, 5.74) is -2.86. The summed E-state index contributed by atoms with van der Waals surface area (Å²) in [7, 11) is -1.13. The molecule has 14 heteroatoms. The second-order valence-electron chi connectivity index (χ2n) is 8.51. The van der Waals surface area contributed by atoms with E-state index in [9.17, 15) is 36.0 Å². The number of benzene rings is 2. The molecule has 0 N–H and O–H groups in total. The van der Waals surface area contributed by atoms with Gasteiger partial charge in [0.2, 0.25) is 0 Å². The minimum atomic E-state index is -4.65. The molecule has 0 amide bonds. The molecule has 0 saturated heterocycles. The van der Waals surface area contributed by atoms with Crippen molar-refractivity contribution in [3.05, 3.63) is 85.7 Å². The number of hydrogen-bond acceptors (Lipinski definition) is 6. The summed E-state index contributed by atoms with van der Waals surface area (Å²) in [6.45, 7) is 2.12. The molecular formula is C24H23F3N4O6S. The van der Waals surface area contributed by atoms with E-state index in [1.54, 1.807) is 0 Å². The highest BCUT2D eigenvalue weighted by molar-refractivity contribution is 7.94. The zero-order valence-electron chi connectivity index (χ0n) is 20.7. The smallest absolute Gasteiger partial charge is 0.416 e. The molecule has 0 saturated carbocycles. The number of hydrogen-bond donors (Lipinski definition) is 0. The number of rotatable bonds is 5. The van der Waals surface area contributed by atoms with Crippen LogP contribution in [0.15, 0.2) is 52.2 Å². The van der Waals surface area contributed by atoms with Crippen LogP contribution in [0.1, 0.15) is 34.0 Å². The first-order valence-electron chi connectivity index (χ1n) is 11.3. The quantitative estimate of drug-likeness (QED) is 0.450. The summed E-state index contributed by atoms with van der Waals surface area (Å²) in [5.74, 6) is -1.03. The van der Waals surface area contributed by atoms with Crippen molar-refractivity contribution in [2.75, 3.05) is 29.3 Å². The molecule has 0 aliphatic carbocycles. The van der Waals surface area contributed by atoms with Crippen LogP contribution in [0.2, 0.25) is 0 Å². The minimum Gasteiger partial charge on any atom is -0.462 e. The third kappa shape index (κ3) is 4.34. The molecule has 3 aromatic rings. The van der Waals surface area contributed by atoms with Gasteiger partial charge in [0, 0.05) is 20.3 Å². The van der Waals surface area contributed by atoms with Gasteiger partial charge in [0.15, 0.2) is 0 Å². The van der Waals surface area contributed by atoms with Crippen molar-refractivity contribution >= 4 is 27.6 Å². The Morgan fingerprint density at radius 1 is 1.03 bits per heavy atom. The fourth-order valence-electron chi connectivity index (χ4n) is 4.22. The summed E-state index contributed by atoms with van der Waals surface area (Å²) >= 11 is 0. The lowest BCUT2D eigenvalue weighted by atomic mass is 10.0. The number of halogens is 3. The molecule has 0 unspecified atom stereocenters. The Hall–Kier alpha value is -4.07. The standard InChI is InChI=1S/C24H23F3N4O6S/c1-5-37-22(33)17-13-30(16-9-10-19-20(11-16)29(4)38(35,36)28(19)3)23(34)31(21(17)32)12-15-7-6-8-18(14(15)2)24(25,26)27/h6-11,13H,5,12H2,1-4H3. The fraction of sp³-hybridized carbons (Fsp3) is 0.292. The number of ether oxygens (including phenoxy) is 1. The van der Waals surface area contributed by atoms with E-state index >= 15 is 0 Å². The summed E-state index contributed by atoms with van der Waals surface area (Å²) < 4.78 is 74.0. The van der Waals surface area contributed by atoms with Gasteiger partial charge in [-0.05, 0) is 49.2 Å². The molecule has 1 aliphatic heterocycles. The molecule has 0 fully saturated rings. The normalized spacial score (nSPS) is 14.5. The maximum Gasteiger partial charge on any atom is 0.416 e. The third-order valence-electron chi connectivity index (χ3n) is 6.35. The summed E-state index contributed by atoms with van der Waals surface area (Å²) in [6, 6.07) is 7.66. The fourth-order valence-corrected chi connectivity index (χ4v) is 5.38. The number of fused-ring (bicyclic) bond motifs is 1. The van der Waals surface area contributed by atoms with Crippen LogP contribution in [0.25, 0.3) is 5.69 Å². The van der Waals surface area contributed by atoms with E-state index in [0.29, 0.717) is 10.3 Å². The first-order valence-corrected chi connectivity index (χ1v) is 12.7. The van der Waals surface area contributed by atoms with Gasteiger partial charge in [-0.3, -0.25) is 22.5 Å².